The predicted octanol–water partition coefficient (Wildman–Crippen LogP) is 0.445. The molecule has 5 N–H and O–H groups in total. The van der Waals surface area contributed by atoms with Gasteiger partial charge in [0.25, 0.3) is 5.91 Å². The number of aromatic amines is 1. The zero-order valence-electron chi connectivity index (χ0n) is 10.3. The highest BCUT2D eigenvalue weighted by atomic mass is 16.3. The number of carbonyl (C=O) groups is 1. The fraction of sp³-hybridized carbons (Fsp3) is 0.636. The van der Waals surface area contributed by atoms with E-state index in [9.17, 15) is 9.90 Å². The maximum atomic E-state index is 11.7. The Balaban J connectivity index is 2.50. The first-order valence-corrected chi connectivity index (χ1v) is 5.89. The van der Waals surface area contributed by atoms with E-state index in [1.807, 2.05) is 13.8 Å². The highest BCUT2D eigenvalue weighted by molar-refractivity contribution is 5.97. The van der Waals surface area contributed by atoms with E-state index < -0.39 is 0 Å². The SMILES string of the molecule is CCc1[nH]nc(C(=O)NCCC(O)CC)c1N. The third-order valence-electron chi connectivity index (χ3n) is 2.69. The highest BCUT2D eigenvalue weighted by Crippen LogP contribution is 2.13. The van der Waals surface area contributed by atoms with Gasteiger partial charge in [0.2, 0.25) is 0 Å². The number of rotatable bonds is 6. The Hall–Kier alpha value is -1.56. The van der Waals surface area contributed by atoms with Crippen molar-refractivity contribution in [2.75, 3.05) is 12.3 Å². The van der Waals surface area contributed by atoms with Gasteiger partial charge in [-0.05, 0) is 19.3 Å². The standard InChI is InChI=1S/C11H20N4O2/c1-3-7(16)5-6-13-11(17)10-9(12)8(4-2)14-15-10/h7,16H,3-6,12H2,1-2H3,(H,13,17)(H,14,15). The van der Waals surface area contributed by atoms with E-state index in [1.54, 1.807) is 0 Å². The van der Waals surface area contributed by atoms with Crippen LogP contribution in [-0.2, 0) is 6.42 Å². The molecular weight excluding hydrogens is 220 g/mol. The summed E-state index contributed by atoms with van der Waals surface area (Å²) in [7, 11) is 0. The lowest BCUT2D eigenvalue weighted by Gasteiger charge is -2.08. The van der Waals surface area contributed by atoms with E-state index >= 15 is 0 Å². The van der Waals surface area contributed by atoms with Crippen molar-refractivity contribution >= 4 is 11.6 Å². The number of aliphatic hydroxyl groups is 1. The van der Waals surface area contributed by atoms with Gasteiger partial charge in [0.05, 0.1) is 17.5 Å². The number of aromatic nitrogens is 2. The average Bonchev–Trinajstić information content (AvgIpc) is 2.70. The van der Waals surface area contributed by atoms with Crippen LogP contribution in [0.5, 0.6) is 0 Å². The van der Waals surface area contributed by atoms with Crippen molar-refractivity contribution in [3.8, 4) is 0 Å². The van der Waals surface area contributed by atoms with Crippen LogP contribution in [0.3, 0.4) is 0 Å². The molecule has 0 aromatic carbocycles. The molecule has 0 aliphatic rings. The number of H-pyrrole nitrogens is 1. The summed E-state index contributed by atoms with van der Waals surface area (Å²) < 4.78 is 0. The van der Waals surface area contributed by atoms with Crippen LogP contribution < -0.4 is 11.1 Å². The van der Waals surface area contributed by atoms with Crippen molar-refractivity contribution in [3.63, 3.8) is 0 Å². The van der Waals surface area contributed by atoms with E-state index in [4.69, 9.17) is 5.73 Å². The van der Waals surface area contributed by atoms with Crippen LogP contribution in [0.1, 0.15) is 42.9 Å². The number of nitrogens with one attached hydrogen (secondary N) is 2. The molecule has 1 unspecified atom stereocenters. The zero-order chi connectivity index (χ0) is 12.8. The number of carbonyl (C=O) groups excluding carboxylic acids is 1. The Kier molecular flexibility index (Phi) is 4.96. The normalized spacial score (nSPS) is 12.4. The van der Waals surface area contributed by atoms with Crippen LogP contribution >= 0.6 is 0 Å². The first-order chi connectivity index (χ1) is 8.10. The van der Waals surface area contributed by atoms with Crippen LogP contribution in [0.4, 0.5) is 5.69 Å². The van der Waals surface area contributed by atoms with Gasteiger partial charge in [-0.15, -0.1) is 0 Å². The second kappa shape index (κ2) is 6.24. The molecule has 0 radical (unpaired) electrons. The van der Waals surface area contributed by atoms with E-state index in [-0.39, 0.29) is 17.7 Å². The number of hydrogen-bond donors (Lipinski definition) is 4. The fourth-order valence-electron chi connectivity index (χ4n) is 1.47. The minimum absolute atomic E-state index is 0.229. The molecule has 0 spiro atoms. The maximum Gasteiger partial charge on any atom is 0.273 e. The van der Waals surface area contributed by atoms with Gasteiger partial charge in [-0.2, -0.15) is 5.10 Å². The smallest absolute Gasteiger partial charge is 0.273 e. The van der Waals surface area contributed by atoms with Crippen LogP contribution in [0.2, 0.25) is 0 Å². The van der Waals surface area contributed by atoms with Gasteiger partial charge in [-0.1, -0.05) is 13.8 Å². The van der Waals surface area contributed by atoms with E-state index in [1.165, 1.54) is 0 Å². The molecule has 1 heterocycles. The minimum atomic E-state index is -0.377. The third-order valence-corrected chi connectivity index (χ3v) is 2.69. The number of aryl methyl sites for hydroxylation is 1. The van der Waals surface area contributed by atoms with Crippen LogP contribution in [0, 0.1) is 0 Å². The lowest BCUT2D eigenvalue weighted by atomic mass is 10.2. The number of nitrogens with two attached hydrogens (primary N) is 1. The molecule has 96 valence electrons. The molecule has 0 aliphatic heterocycles. The summed E-state index contributed by atoms with van der Waals surface area (Å²) >= 11 is 0. The van der Waals surface area contributed by atoms with E-state index in [0.717, 1.165) is 5.69 Å². The molecule has 1 aromatic heterocycles. The van der Waals surface area contributed by atoms with Crippen molar-refractivity contribution < 1.29 is 9.90 Å². The molecule has 0 saturated heterocycles. The van der Waals surface area contributed by atoms with Gasteiger partial charge in [0.15, 0.2) is 5.69 Å². The molecule has 1 atom stereocenters. The Morgan fingerprint density at radius 3 is 2.82 bits per heavy atom. The van der Waals surface area contributed by atoms with Crippen molar-refractivity contribution in [3.05, 3.63) is 11.4 Å². The molecule has 1 rings (SSSR count). The topological polar surface area (TPSA) is 104 Å². The number of nitrogen functional groups attached to an aromatic ring is 1. The maximum absolute atomic E-state index is 11.7. The largest absolute Gasteiger partial charge is 0.395 e. The summed E-state index contributed by atoms with van der Waals surface area (Å²) in [5.41, 5.74) is 7.17. The summed E-state index contributed by atoms with van der Waals surface area (Å²) in [5, 5.41) is 18.6. The third kappa shape index (κ3) is 3.45. The quantitative estimate of drug-likeness (QED) is 0.579. The summed E-state index contributed by atoms with van der Waals surface area (Å²) in [6.07, 6.45) is 1.55. The van der Waals surface area contributed by atoms with Crippen LogP contribution in [0.15, 0.2) is 0 Å². The predicted molar refractivity (Wildman–Crippen MR) is 65.6 cm³/mol. The van der Waals surface area contributed by atoms with Gasteiger partial charge in [0, 0.05) is 6.54 Å². The molecule has 17 heavy (non-hydrogen) atoms. The molecule has 1 aromatic rings. The summed E-state index contributed by atoms with van der Waals surface area (Å²) in [6, 6.07) is 0. The van der Waals surface area contributed by atoms with Crippen LogP contribution in [0.25, 0.3) is 0 Å². The van der Waals surface area contributed by atoms with Crippen molar-refractivity contribution in [2.45, 2.75) is 39.2 Å². The minimum Gasteiger partial charge on any atom is -0.395 e. The molecule has 6 nitrogen and oxygen atoms in total. The molecule has 0 bridgehead atoms. The summed E-state index contributed by atoms with van der Waals surface area (Å²) in [6.45, 7) is 4.25. The molecule has 0 aliphatic carbocycles. The van der Waals surface area contributed by atoms with E-state index in [0.29, 0.717) is 31.5 Å². The van der Waals surface area contributed by atoms with E-state index in [2.05, 4.69) is 15.5 Å². The van der Waals surface area contributed by atoms with Gasteiger partial charge in [-0.25, -0.2) is 0 Å². The lowest BCUT2D eigenvalue weighted by Crippen LogP contribution is -2.27. The van der Waals surface area contributed by atoms with Crippen LogP contribution in [-0.4, -0.2) is 33.9 Å². The Morgan fingerprint density at radius 2 is 2.29 bits per heavy atom. The zero-order valence-corrected chi connectivity index (χ0v) is 10.3. The molecule has 0 saturated carbocycles. The molecule has 0 fully saturated rings. The molecule has 1 amide bonds. The summed E-state index contributed by atoms with van der Waals surface area (Å²) in [5.74, 6) is -0.304. The second-order valence-electron chi connectivity index (χ2n) is 3.92. The summed E-state index contributed by atoms with van der Waals surface area (Å²) in [4.78, 5) is 11.7. The first kappa shape index (κ1) is 13.5. The number of anilines is 1. The van der Waals surface area contributed by atoms with Gasteiger partial charge in [-0.3, -0.25) is 9.89 Å². The second-order valence-corrected chi connectivity index (χ2v) is 3.92. The highest BCUT2D eigenvalue weighted by Gasteiger charge is 2.15. The molecular formula is C11H20N4O2. The van der Waals surface area contributed by atoms with Gasteiger partial charge < -0.3 is 16.2 Å². The Morgan fingerprint density at radius 1 is 1.59 bits per heavy atom. The number of nitrogens with zero attached hydrogens (tertiary/aromatic N) is 1. The number of aliphatic hydroxyl groups excluding tert-OH is 1. The Labute approximate surface area is 101 Å². The fourth-order valence-corrected chi connectivity index (χ4v) is 1.47. The number of hydrogen-bond acceptors (Lipinski definition) is 4. The average molecular weight is 240 g/mol. The van der Waals surface area contributed by atoms with Crippen molar-refractivity contribution in [1.29, 1.82) is 0 Å². The van der Waals surface area contributed by atoms with Gasteiger partial charge >= 0.3 is 0 Å². The van der Waals surface area contributed by atoms with Crippen molar-refractivity contribution in [1.82, 2.24) is 15.5 Å². The lowest BCUT2D eigenvalue weighted by molar-refractivity contribution is 0.0938. The van der Waals surface area contributed by atoms with Crippen molar-refractivity contribution in [2.24, 2.45) is 0 Å². The monoisotopic (exact) mass is 240 g/mol. The molecule has 6 heteroatoms. The Bertz CT molecular complexity index is 376. The number of amides is 1. The first-order valence-electron chi connectivity index (χ1n) is 5.89. The van der Waals surface area contributed by atoms with Gasteiger partial charge in [0.1, 0.15) is 0 Å².